The van der Waals surface area contributed by atoms with Gasteiger partial charge in [-0.15, -0.1) is 0 Å². The van der Waals surface area contributed by atoms with Gasteiger partial charge in [-0.25, -0.2) is 9.48 Å². The van der Waals surface area contributed by atoms with Crippen molar-refractivity contribution >= 4 is 29.2 Å². The van der Waals surface area contributed by atoms with Gasteiger partial charge in [0.15, 0.2) is 5.78 Å². The number of carbonyl (C=O) groups excluding carboxylic acids is 2. The number of Topliss-reactive ketones (excluding diaryl/α,β-unsaturated/α-hetero) is 1. The molecule has 3 aromatic carbocycles. The van der Waals surface area contributed by atoms with Crippen molar-refractivity contribution < 1.29 is 27.5 Å². The molecule has 2 aliphatic rings. The number of ketones is 1. The average molecular weight is 687 g/mol. The van der Waals surface area contributed by atoms with E-state index in [4.69, 9.17) is 15.6 Å². The standard InChI is InChI=1S/C38H37F3N4O3S/c1-6-48-36(47)33-32(30-23(3)43-45(26-10-8-7-9-11-26)35(30)49-27-18-12-22(2)13-19-27)31-28(20-37(4,5)21-29(31)46)44(34(33)42)25-16-14-24(15-17-25)38(39,40)41/h7-19,32H,6,20-21,42H2,1-5H3. The van der Waals surface area contributed by atoms with E-state index in [0.717, 1.165) is 28.3 Å². The minimum atomic E-state index is -4.54. The molecule has 0 radical (unpaired) electrons. The number of nitrogens with two attached hydrogens (primary N) is 1. The SMILES string of the molecule is CCOC(=O)C1=C(N)N(c2ccc(C(F)(F)F)cc2)C2=C(C(=O)CC(C)(C)C2)C1c1c(C)nn(-c2ccccc2)c1Sc1ccc(C)cc1. The molecule has 2 heterocycles. The predicted octanol–water partition coefficient (Wildman–Crippen LogP) is 8.64. The van der Waals surface area contributed by atoms with Crippen LogP contribution in [0.5, 0.6) is 0 Å². The van der Waals surface area contributed by atoms with E-state index >= 15 is 0 Å². The van der Waals surface area contributed by atoms with Crippen molar-refractivity contribution in [2.75, 3.05) is 11.5 Å². The first kappa shape index (κ1) is 34.1. The highest BCUT2D eigenvalue weighted by atomic mass is 32.2. The molecule has 1 aromatic heterocycles. The number of rotatable bonds is 7. The maximum absolute atomic E-state index is 14.4. The molecule has 0 saturated carbocycles. The van der Waals surface area contributed by atoms with Crippen LogP contribution in [0.25, 0.3) is 5.69 Å². The Kier molecular flexibility index (Phi) is 9.00. The lowest BCUT2D eigenvalue weighted by molar-refractivity contribution is -0.139. The highest BCUT2D eigenvalue weighted by Gasteiger charge is 2.48. The average Bonchev–Trinajstić information content (AvgIpc) is 3.36. The van der Waals surface area contributed by atoms with Crippen LogP contribution in [0.1, 0.15) is 61.9 Å². The lowest BCUT2D eigenvalue weighted by Crippen LogP contribution is -2.44. The van der Waals surface area contributed by atoms with E-state index in [-0.39, 0.29) is 30.2 Å². The molecule has 6 rings (SSSR count). The fourth-order valence-electron chi connectivity index (χ4n) is 6.61. The van der Waals surface area contributed by atoms with Crippen LogP contribution in [-0.2, 0) is 20.5 Å². The van der Waals surface area contributed by atoms with Gasteiger partial charge in [0.05, 0.1) is 35.0 Å². The van der Waals surface area contributed by atoms with Gasteiger partial charge in [-0.3, -0.25) is 9.69 Å². The third-order valence-corrected chi connectivity index (χ3v) is 9.89. The fourth-order valence-corrected chi connectivity index (χ4v) is 7.72. The van der Waals surface area contributed by atoms with Crippen molar-refractivity contribution in [3.8, 4) is 5.69 Å². The summed E-state index contributed by atoms with van der Waals surface area (Å²) in [5, 5.41) is 5.66. The van der Waals surface area contributed by atoms with E-state index in [1.165, 1.54) is 23.9 Å². The first-order valence-corrected chi connectivity index (χ1v) is 16.8. The molecule has 1 aliphatic carbocycles. The van der Waals surface area contributed by atoms with Gasteiger partial charge >= 0.3 is 12.1 Å². The molecule has 11 heteroatoms. The van der Waals surface area contributed by atoms with E-state index in [1.54, 1.807) is 11.8 Å². The Morgan fingerprint density at radius 3 is 2.24 bits per heavy atom. The molecule has 7 nitrogen and oxygen atoms in total. The quantitative estimate of drug-likeness (QED) is 0.195. The molecular formula is C38H37F3N4O3S. The fraction of sp³-hybridized carbons (Fsp3) is 0.289. The molecule has 49 heavy (non-hydrogen) atoms. The molecule has 2 N–H and O–H groups in total. The van der Waals surface area contributed by atoms with Crippen molar-refractivity contribution in [3.05, 3.63) is 124 Å². The van der Waals surface area contributed by atoms with Crippen LogP contribution in [-0.4, -0.2) is 28.1 Å². The summed E-state index contributed by atoms with van der Waals surface area (Å²) in [7, 11) is 0. The van der Waals surface area contributed by atoms with Crippen LogP contribution in [0.3, 0.4) is 0 Å². The number of halogens is 3. The number of alkyl halides is 3. The number of hydrogen-bond acceptors (Lipinski definition) is 7. The zero-order valence-electron chi connectivity index (χ0n) is 27.9. The number of para-hydroxylation sites is 1. The van der Waals surface area contributed by atoms with Crippen molar-refractivity contribution in [3.63, 3.8) is 0 Å². The van der Waals surface area contributed by atoms with Gasteiger partial charge in [0.2, 0.25) is 0 Å². The molecule has 0 spiro atoms. The normalized spacial score (nSPS) is 17.8. The summed E-state index contributed by atoms with van der Waals surface area (Å²) in [4.78, 5) is 31.0. The number of benzene rings is 3. The number of carbonyl (C=O) groups is 2. The van der Waals surface area contributed by atoms with Crippen LogP contribution in [0.4, 0.5) is 18.9 Å². The van der Waals surface area contributed by atoms with Crippen molar-refractivity contribution in [1.82, 2.24) is 9.78 Å². The molecule has 1 unspecified atom stereocenters. The van der Waals surface area contributed by atoms with Crippen LogP contribution in [0, 0.1) is 19.3 Å². The summed E-state index contributed by atoms with van der Waals surface area (Å²) in [5.41, 5.74) is 9.99. The molecule has 1 aliphatic heterocycles. The Labute approximate surface area is 287 Å². The van der Waals surface area contributed by atoms with Crippen LogP contribution < -0.4 is 10.6 Å². The lowest BCUT2D eigenvalue weighted by Gasteiger charge is -2.44. The second kappa shape index (κ2) is 12.9. The van der Waals surface area contributed by atoms with Gasteiger partial charge in [-0.1, -0.05) is 61.5 Å². The third kappa shape index (κ3) is 6.51. The summed E-state index contributed by atoms with van der Waals surface area (Å²) in [6.07, 6.45) is -3.96. The van der Waals surface area contributed by atoms with Gasteiger partial charge in [0, 0.05) is 33.8 Å². The molecule has 0 amide bonds. The molecule has 0 saturated heterocycles. The summed E-state index contributed by atoms with van der Waals surface area (Å²) >= 11 is 1.46. The first-order valence-electron chi connectivity index (χ1n) is 16.0. The Morgan fingerprint density at radius 1 is 0.980 bits per heavy atom. The summed E-state index contributed by atoms with van der Waals surface area (Å²) in [5.74, 6) is -1.86. The Balaban J connectivity index is 1.65. The number of esters is 1. The molecule has 0 bridgehead atoms. The topological polar surface area (TPSA) is 90.4 Å². The predicted molar refractivity (Wildman–Crippen MR) is 183 cm³/mol. The van der Waals surface area contributed by atoms with Crippen molar-refractivity contribution in [2.24, 2.45) is 11.1 Å². The van der Waals surface area contributed by atoms with Gasteiger partial charge in [-0.2, -0.15) is 18.3 Å². The lowest BCUT2D eigenvalue weighted by atomic mass is 9.68. The maximum atomic E-state index is 14.4. The maximum Gasteiger partial charge on any atom is 0.416 e. The smallest absolute Gasteiger partial charge is 0.416 e. The second-order valence-corrected chi connectivity index (χ2v) is 14.2. The third-order valence-electron chi connectivity index (χ3n) is 8.80. The van der Waals surface area contributed by atoms with Gasteiger partial charge in [0.1, 0.15) is 10.8 Å². The van der Waals surface area contributed by atoms with Crippen molar-refractivity contribution in [2.45, 2.75) is 69.5 Å². The molecule has 254 valence electrons. The number of aromatic nitrogens is 2. The molecule has 1 atom stereocenters. The van der Waals surface area contributed by atoms with E-state index in [2.05, 4.69) is 0 Å². The zero-order valence-corrected chi connectivity index (χ0v) is 28.7. The zero-order chi connectivity index (χ0) is 35.2. The highest BCUT2D eigenvalue weighted by molar-refractivity contribution is 7.99. The number of ether oxygens (including phenoxy) is 1. The van der Waals surface area contributed by atoms with Crippen LogP contribution in [0.2, 0.25) is 0 Å². The van der Waals surface area contributed by atoms with Crippen LogP contribution >= 0.6 is 11.8 Å². The largest absolute Gasteiger partial charge is 0.463 e. The first-order chi connectivity index (χ1) is 23.2. The summed E-state index contributed by atoms with van der Waals surface area (Å²) in [6, 6.07) is 22.2. The van der Waals surface area contributed by atoms with Crippen LogP contribution in [0.15, 0.2) is 111 Å². The Hall–Kier alpha value is -4.77. The number of aryl methyl sites for hydroxylation is 2. The monoisotopic (exact) mass is 686 g/mol. The minimum absolute atomic E-state index is 0.00870. The summed E-state index contributed by atoms with van der Waals surface area (Å²) < 4.78 is 48.1. The highest BCUT2D eigenvalue weighted by Crippen LogP contribution is 2.53. The molecule has 0 fully saturated rings. The van der Waals surface area contributed by atoms with E-state index in [1.807, 2.05) is 87.0 Å². The Morgan fingerprint density at radius 2 is 1.63 bits per heavy atom. The van der Waals surface area contributed by atoms with E-state index in [9.17, 15) is 22.8 Å². The van der Waals surface area contributed by atoms with Gasteiger partial charge in [0.25, 0.3) is 0 Å². The van der Waals surface area contributed by atoms with E-state index < -0.39 is 29.0 Å². The molecular weight excluding hydrogens is 650 g/mol. The number of anilines is 1. The second-order valence-electron chi connectivity index (χ2n) is 13.1. The minimum Gasteiger partial charge on any atom is -0.463 e. The molecule has 4 aromatic rings. The number of hydrogen-bond donors (Lipinski definition) is 1. The van der Waals surface area contributed by atoms with E-state index in [0.29, 0.717) is 39.7 Å². The van der Waals surface area contributed by atoms with Gasteiger partial charge in [-0.05, 0) is 81.1 Å². The number of allylic oxidation sites excluding steroid dienone is 2. The van der Waals surface area contributed by atoms with Gasteiger partial charge < -0.3 is 10.5 Å². The van der Waals surface area contributed by atoms with Crippen molar-refractivity contribution in [1.29, 1.82) is 0 Å². The summed E-state index contributed by atoms with van der Waals surface area (Å²) in [6.45, 7) is 9.50. The Bertz CT molecular complexity index is 1980. The number of nitrogens with zero attached hydrogens (tertiary/aromatic N) is 3.